The third-order valence-corrected chi connectivity index (χ3v) is 5.83. The van der Waals surface area contributed by atoms with Gasteiger partial charge in [0.1, 0.15) is 0 Å². The van der Waals surface area contributed by atoms with Crippen LogP contribution in [0.5, 0.6) is 0 Å². The average Bonchev–Trinajstić information content (AvgIpc) is 3.05. The van der Waals surface area contributed by atoms with Gasteiger partial charge in [-0.3, -0.25) is 4.79 Å². The number of carbonyl (C=O) groups is 2. The highest BCUT2D eigenvalue weighted by Gasteiger charge is 2.41. The molecule has 1 amide bonds. The number of aryl methyl sites for hydroxylation is 1. The number of hydrogen-bond donors (Lipinski definition) is 1. The minimum atomic E-state index is -0.521. The van der Waals surface area contributed by atoms with Gasteiger partial charge in [-0.05, 0) is 47.9 Å². The summed E-state index contributed by atoms with van der Waals surface area (Å²) in [5.74, 6) is -1.16. The largest absolute Gasteiger partial charge is 0.503 e. The van der Waals surface area contributed by atoms with Gasteiger partial charge < -0.3 is 14.7 Å². The van der Waals surface area contributed by atoms with Crippen molar-refractivity contribution in [3.8, 4) is 0 Å². The number of benzene rings is 3. The number of hydrogen-bond acceptors (Lipinski definition) is 4. The van der Waals surface area contributed by atoms with Crippen molar-refractivity contribution in [2.75, 3.05) is 7.11 Å². The number of esters is 1. The maximum absolute atomic E-state index is 13.2. The van der Waals surface area contributed by atoms with Gasteiger partial charge in [-0.25, -0.2) is 4.79 Å². The number of carbonyl (C=O) groups excluding carboxylic acids is 2. The van der Waals surface area contributed by atoms with E-state index in [4.69, 9.17) is 16.3 Å². The Kier molecular flexibility index (Phi) is 6.01. The van der Waals surface area contributed by atoms with Crippen LogP contribution in [0, 0.1) is 6.92 Å². The average molecular weight is 448 g/mol. The number of ether oxygens (including phenoxy) is 1. The summed E-state index contributed by atoms with van der Waals surface area (Å²) in [7, 11) is 1.33. The minimum absolute atomic E-state index is 0.273. The van der Waals surface area contributed by atoms with E-state index in [-0.39, 0.29) is 5.76 Å². The molecule has 6 heteroatoms. The topological polar surface area (TPSA) is 66.8 Å². The molecule has 0 spiro atoms. The van der Waals surface area contributed by atoms with Crippen LogP contribution in [0.25, 0.3) is 5.57 Å². The van der Waals surface area contributed by atoms with Crippen LogP contribution in [0.4, 0.5) is 0 Å². The SMILES string of the molecule is COC(=O)c1ccc(C2C(c3ccc(C)cc3)=C(O)C(=O)N2Cc2ccc(Cl)cc2)cc1. The van der Waals surface area contributed by atoms with Crippen molar-refractivity contribution in [3.05, 3.63) is 111 Å². The van der Waals surface area contributed by atoms with Gasteiger partial charge in [0.15, 0.2) is 5.76 Å². The van der Waals surface area contributed by atoms with Crippen molar-refractivity contribution >= 4 is 29.1 Å². The predicted molar refractivity (Wildman–Crippen MR) is 123 cm³/mol. The number of nitrogens with zero attached hydrogens (tertiary/aromatic N) is 1. The maximum Gasteiger partial charge on any atom is 0.337 e. The van der Waals surface area contributed by atoms with Crippen LogP contribution in [0.2, 0.25) is 5.02 Å². The van der Waals surface area contributed by atoms with E-state index in [2.05, 4.69) is 0 Å². The van der Waals surface area contributed by atoms with Crippen LogP contribution in [-0.4, -0.2) is 29.0 Å². The maximum atomic E-state index is 13.2. The minimum Gasteiger partial charge on any atom is -0.503 e. The summed E-state index contributed by atoms with van der Waals surface area (Å²) >= 11 is 6.01. The fourth-order valence-corrected chi connectivity index (χ4v) is 4.02. The number of aliphatic hydroxyl groups excluding tert-OH is 1. The monoisotopic (exact) mass is 447 g/mol. The first-order valence-corrected chi connectivity index (χ1v) is 10.5. The second-order valence-electron chi connectivity index (χ2n) is 7.70. The first-order chi connectivity index (χ1) is 15.4. The molecule has 1 N–H and O–H groups in total. The van der Waals surface area contributed by atoms with Crippen LogP contribution < -0.4 is 0 Å². The van der Waals surface area contributed by atoms with Crippen molar-refractivity contribution in [2.24, 2.45) is 0 Å². The van der Waals surface area contributed by atoms with Crippen molar-refractivity contribution < 1.29 is 19.4 Å². The zero-order chi connectivity index (χ0) is 22.8. The van der Waals surface area contributed by atoms with Gasteiger partial charge in [-0.1, -0.05) is 65.7 Å². The third-order valence-electron chi connectivity index (χ3n) is 5.58. The fraction of sp³-hybridized carbons (Fsp3) is 0.154. The molecular weight excluding hydrogens is 426 g/mol. The highest BCUT2D eigenvalue weighted by Crippen LogP contribution is 2.43. The fourth-order valence-electron chi connectivity index (χ4n) is 3.90. The van der Waals surface area contributed by atoms with Crippen molar-refractivity contribution in [1.29, 1.82) is 0 Å². The Morgan fingerprint density at radius 1 is 1.00 bits per heavy atom. The molecule has 1 unspecified atom stereocenters. The molecule has 0 aliphatic carbocycles. The Morgan fingerprint density at radius 2 is 1.62 bits per heavy atom. The first-order valence-electron chi connectivity index (χ1n) is 10.1. The van der Waals surface area contributed by atoms with E-state index >= 15 is 0 Å². The predicted octanol–water partition coefficient (Wildman–Crippen LogP) is 5.49. The second kappa shape index (κ2) is 8.89. The summed E-state index contributed by atoms with van der Waals surface area (Å²) in [5, 5.41) is 11.5. The zero-order valence-electron chi connectivity index (χ0n) is 17.7. The molecule has 0 radical (unpaired) electrons. The number of methoxy groups -OCH3 is 1. The van der Waals surface area contributed by atoms with E-state index in [0.29, 0.717) is 22.7 Å². The Morgan fingerprint density at radius 3 is 2.22 bits per heavy atom. The number of rotatable bonds is 5. The quantitative estimate of drug-likeness (QED) is 0.525. The van der Waals surface area contributed by atoms with Gasteiger partial charge in [-0.2, -0.15) is 0 Å². The molecule has 1 aliphatic heterocycles. The van der Waals surface area contributed by atoms with E-state index in [1.165, 1.54) is 7.11 Å². The van der Waals surface area contributed by atoms with Crippen LogP contribution in [0.3, 0.4) is 0 Å². The van der Waals surface area contributed by atoms with E-state index in [9.17, 15) is 14.7 Å². The van der Waals surface area contributed by atoms with E-state index in [1.54, 1.807) is 41.3 Å². The third kappa shape index (κ3) is 4.12. The summed E-state index contributed by atoms with van der Waals surface area (Å²) in [6.07, 6.45) is 0. The molecule has 0 fully saturated rings. The lowest BCUT2D eigenvalue weighted by molar-refractivity contribution is -0.130. The molecule has 0 aromatic heterocycles. The van der Waals surface area contributed by atoms with Crippen LogP contribution in [0.15, 0.2) is 78.6 Å². The van der Waals surface area contributed by atoms with Gasteiger partial charge >= 0.3 is 5.97 Å². The van der Waals surface area contributed by atoms with E-state index in [1.807, 2.05) is 43.3 Å². The molecular formula is C26H22ClNO4. The van der Waals surface area contributed by atoms with Crippen LogP contribution in [-0.2, 0) is 16.1 Å². The first kappa shape index (κ1) is 21.7. The summed E-state index contributed by atoms with van der Waals surface area (Å²) in [4.78, 5) is 26.6. The molecule has 1 atom stereocenters. The summed E-state index contributed by atoms with van der Waals surface area (Å²) in [6.45, 7) is 2.27. The molecule has 3 aromatic carbocycles. The molecule has 0 bridgehead atoms. The second-order valence-corrected chi connectivity index (χ2v) is 8.14. The van der Waals surface area contributed by atoms with Crippen molar-refractivity contribution in [1.82, 2.24) is 4.90 Å². The molecule has 5 nitrogen and oxygen atoms in total. The Balaban J connectivity index is 1.79. The molecule has 162 valence electrons. The normalized spacial score (nSPS) is 15.9. The van der Waals surface area contributed by atoms with Gasteiger partial charge in [0.25, 0.3) is 5.91 Å². The Bertz CT molecular complexity index is 1180. The zero-order valence-corrected chi connectivity index (χ0v) is 18.5. The number of amides is 1. The molecule has 0 saturated heterocycles. The molecule has 3 aromatic rings. The smallest absolute Gasteiger partial charge is 0.337 e. The Labute approximate surface area is 191 Å². The summed E-state index contributed by atoms with van der Waals surface area (Å²) in [5.41, 5.74) is 4.46. The molecule has 1 heterocycles. The molecule has 32 heavy (non-hydrogen) atoms. The summed E-state index contributed by atoms with van der Waals surface area (Å²) < 4.78 is 4.78. The summed E-state index contributed by atoms with van der Waals surface area (Å²) in [6, 6.07) is 21.3. The molecule has 0 saturated carbocycles. The van der Waals surface area contributed by atoms with E-state index < -0.39 is 17.9 Å². The lowest BCUT2D eigenvalue weighted by Crippen LogP contribution is -2.29. The Hall–Kier alpha value is -3.57. The number of halogens is 1. The van der Waals surface area contributed by atoms with Gasteiger partial charge in [0.2, 0.25) is 0 Å². The highest BCUT2D eigenvalue weighted by atomic mass is 35.5. The lowest BCUT2D eigenvalue weighted by Gasteiger charge is -2.27. The molecule has 4 rings (SSSR count). The van der Waals surface area contributed by atoms with Crippen LogP contribution in [0.1, 0.15) is 38.7 Å². The van der Waals surface area contributed by atoms with Gasteiger partial charge in [0, 0.05) is 17.1 Å². The highest BCUT2D eigenvalue weighted by molar-refractivity contribution is 6.30. The van der Waals surface area contributed by atoms with E-state index in [0.717, 1.165) is 22.3 Å². The van der Waals surface area contributed by atoms with Gasteiger partial charge in [0.05, 0.1) is 18.7 Å². The van der Waals surface area contributed by atoms with Gasteiger partial charge in [-0.15, -0.1) is 0 Å². The number of aliphatic hydroxyl groups is 1. The molecule has 1 aliphatic rings. The lowest BCUT2D eigenvalue weighted by atomic mass is 9.92. The van der Waals surface area contributed by atoms with Crippen molar-refractivity contribution in [3.63, 3.8) is 0 Å². The van der Waals surface area contributed by atoms with Crippen molar-refractivity contribution in [2.45, 2.75) is 19.5 Å². The van der Waals surface area contributed by atoms with Crippen LogP contribution >= 0.6 is 11.6 Å². The standard InChI is InChI=1S/C26H22ClNO4/c1-16-3-7-18(8-4-16)22-23(19-9-11-20(12-10-19)26(31)32-2)28(25(30)24(22)29)15-17-5-13-21(27)14-6-17/h3-14,23,29H,15H2,1-2H3.